The van der Waals surface area contributed by atoms with Gasteiger partial charge in [-0.2, -0.15) is 0 Å². The van der Waals surface area contributed by atoms with Crippen LogP contribution < -0.4 is 5.32 Å². The first kappa shape index (κ1) is 35.2. The van der Waals surface area contributed by atoms with Gasteiger partial charge >= 0.3 is 23.6 Å². The predicted octanol–water partition coefficient (Wildman–Crippen LogP) is 3.81. The van der Waals surface area contributed by atoms with Gasteiger partial charge in [0.05, 0.1) is 12.1 Å². The predicted molar refractivity (Wildman–Crippen MR) is 181 cm³/mol. The van der Waals surface area contributed by atoms with Gasteiger partial charge in [-0.15, -0.1) is 0 Å². The van der Waals surface area contributed by atoms with Crippen molar-refractivity contribution in [1.29, 1.82) is 0 Å². The Balaban J connectivity index is 1.31. The molecule has 2 N–H and O–H groups in total. The second kappa shape index (κ2) is 15.8. The zero-order valence-electron chi connectivity index (χ0n) is 29.0. The van der Waals surface area contributed by atoms with Gasteiger partial charge in [0.1, 0.15) is 5.75 Å². The van der Waals surface area contributed by atoms with E-state index in [9.17, 15) is 24.3 Å². The van der Waals surface area contributed by atoms with Crippen molar-refractivity contribution in [3.8, 4) is 5.75 Å². The molecule has 47 heavy (non-hydrogen) atoms. The van der Waals surface area contributed by atoms with Crippen LogP contribution in [0.15, 0.2) is 24.3 Å². The van der Waals surface area contributed by atoms with Crippen molar-refractivity contribution in [2.75, 3.05) is 39.3 Å². The smallest absolute Gasteiger partial charge is 0.312 e. The molecule has 5 rings (SSSR count). The lowest BCUT2D eigenvalue weighted by Crippen LogP contribution is -2.64. The maximum atomic E-state index is 13.9. The van der Waals surface area contributed by atoms with Crippen LogP contribution in [0.4, 0.5) is 0 Å². The molecule has 4 atom stereocenters. The molecule has 0 bridgehead atoms. The molecule has 3 heterocycles. The first-order valence-corrected chi connectivity index (χ1v) is 18.2. The van der Waals surface area contributed by atoms with Crippen LogP contribution in [0.1, 0.15) is 91.0 Å². The number of hydrogen-bond donors (Lipinski definition) is 2. The Hall–Kier alpha value is -3.14. The Kier molecular flexibility index (Phi) is 11.9. The quantitative estimate of drug-likeness (QED) is 0.314. The van der Waals surface area contributed by atoms with Crippen LogP contribution in [0, 0.1) is 17.8 Å². The number of amides is 4. The average Bonchev–Trinajstić information content (AvgIpc) is 3.47. The third-order valence-electron chi connectivity index (χ3n) is 10.8. The fourth-order valence-electron chi connectivity index (χ4n) is 8.46. The zero-order chi connectivity index (χ0) is 33.7. The van der Waals surface area contributed by atoms with Crippen LogP contribution in [0.3, 0.4) is 0 Å². The van der Waals surface area contributed by atoms with Crippen LogP contribution >= 0.6 is 0 Å². The van der Waals surface area contributed by atoms with Crippen molar-refractivity contribution in [2.24, 2.45) is 17.8 Å². The first-order valence-electron chi connectivity index (χ1n) is 18.2. The molecule has 1 aliphatic carbocycles. The summed E-state index contributed by atoms with van der Waals surface area (Å²) in [6.07, 6.45) is 10.1. The molecule has 10 nitrogen and oxygen atoms in total. The van der Waals surface area contributed by atoms with Crippen molar-refractivity contribution in [1.82, 2.24) is 24.9 Å². The Morgan fingerprint density at radius 1 is 0.787 bits per heavy atom. The lowest BCUT2D eigenvalue weighted by molar-refractivity contribution is -0.162. The highest BCUT2D eigenvalue weighted by atomic mass is 16.3. The standard InChI is InChI=1S/C37H57N5O5/c1-25(2)17-31(42-24-32(18-26(3)4)40(36(46)37(42)47)21-28-9-6-5-7-10-28)22-39-16-8-11-29(39)23-41-30(20-38-34(44)35(41)45)19-27-12-14-33(43)15-13-27/h12-15,25-26,28-32,43H,5-11,16-24H2,1-4H3,(H,38,44)/t29-,30-,31-,32-/m0/s1. The fraction of sp³-hybridized carbons (Fsp3) is 0.730. The van der Waals surface area contributed by atoms with Gasteiger partial charge in [0.2, 0.25) is 0 Å². The Morgan fingerprint density at radius 3 is 2.17 bits per heavy atom. The summed E-state index contributed by atoms with van der Waals surface area (Å²) in [5, 5.41) is 12.5. The first-order chi connectivity index (χ1) is 22.5. The summed E-state index contributed by atoms with van der Waals surface area (Å²) in [7, 11) is 0. The Morgan fingerprint density at radius 2 is 1.49 bits per heavy atom. The highest BCUT2D eigenvalue weighted by Crippen LogP contribution is 2.30. The normalized spacial score (nSPS) is 25.7. The monoisotopic (exact) mass is 651 g/mol. The molecule has 1 aromatic carbocycles. The minimum Gasteiger partial charge on any atom is -0.508 e. The Bertz CT molecular complexity index is 1250. The second-order valence-electron chi connectivity index (χ2n) is 15.5. The van der Waals surface area contributed by atoms with E-state index in [2.05, 4.69) is 37.9 Å². The molecular formula is C37H57N5O5. The summed E-state index contributed by atoms with van der Waals surface area (Å²) < 4.78 is 0. The minimum absolute atomic E-state index is 0.0244. The van der Waals surface area contributed by atoms with Crippen LogP contribution in [0.2, 0.25) is 0 Å². The molecule has 4 aliphatic rings. The van der Waals surface area contributed by atoms with Crippen molar-refractivity contribution < 1.29 is 24.3 Å². The molecule has 3 saturated heterocycles. The van der Waals surface area contributed by atoms with Crippen molar-refractivity contribution >= 4 is 23.6 Å². The molecular weight excluding hydrogens is 594 g/mol. The lowest BCUT2D eigenvalue weighted by atomic mass is 9.87. The molecule has 4 amide bonds. The van der Waals surface area contributed by atoms with Gasteiger partial charge in [-0.25, -0.2) is 0 Å². The summed E-state index contributed by atoms with van der Waals surface area (Å²) >= 11 is 0. The van der Waals surface area contributed by atoms with E-state index < -0.39 is 11.8 Å². The molecule has 4 fully saturated rings. The number of phenols is 1. The van der Waals surface area contributed by atoms with Crippen LogP contribution in [0.5, 0.6) is 5.75 Å². The number of rotatable bonds is 13. The summed E-state index contributed by atoms with van der Waals surface area (Å²) in [6, 6.07) is 6.79. The van der Waals surface area contributed by atoms with E-state index in [1.54, 1.807) is 17.0 Å². The van der Waals surface area contributed by atoms with E-state index in [0.717, 1.165) is 50.6 Å². The maximum absolute atomic E-state index is 13.9. The van der Waals surface area contributed by atoms with Gasteiger partial charge in [0.15, 0.2) is 0 Å². The number of nitrogens with one attached hydrogen (secondary N) is 1. The van der Waals surface area contributed by atoms with Gasteiger partial charge in [0, 0.05) is 44.8 Å². The molecule has 0 spiro atoms. The number of piperazine rings is 2. The lowest BCUT2D eigenvalue weighted by Gasteiger charge is -2.47. The van der Waals surface area contributed by atoms with E-state index in [-0.39, 0.29) is 41.7 Å². The molecule has 0 aromatic heterocycles. The van der Waals surface area contributed by atoms with Crippen LogP contribution in [0.25, 0.3) is 0 Å². The van der Waals surface area contributed by atoms with E-state index in [4.69, 9.17) is 0 Å². The molecule has 0 unspecified atom stereocenters. The largest absolute Gasteiger partial charge is 0.508 e. The minimum atomic E-state index is -0.569. The van der Waals surface area contributed by atoms with Gasteiger partial charge in [-0.3, -0.25) is 24.1 Å². The molecule has 1 saturated carbocycles. The van der Waals surface area contributed by atoms with Gasteiger partial charge in [-0.1, -0.05) is 59.1 Å². The highest BCUT2D eigenvalue weighted by Gasteiger charge is 2.44. The fourth-order valence-corrected chi connectivity index (χ4v) is 8.46. The summed E-state index contributed by atoms with van der Waals surface area (Å²) in [4.78, 5) is 61.5. The summed E-state index contributed by atoms with van der Waals surface area (Å²) in [5.74, 6) is -0.335. The van der Waals surface area contributed by atoms with Crippen LogP contribution in [-0.4, -0.2) is 112 Å². The number of phenolic OH excluding ortho intramolecular Hbond substituents is 1. The van der Waals surface area contributed by atoms with Crippen molar-refractivity contribution in [3.05, 3.63) is 29.8 Å². The second-order valence-corrected chi connectivity index (χ2v) is 15.5. The third-order valence-corrected chi connectivity index (χ3v) is 10.8. The summed E-state index contributed by atoms with van der Waals surface area (Å²) in [5.41, 5.74) is 0.990. The Labute approximate surface area is 281 Å². The molecule has 1 aromatic rings. The van der Waals surface area contributed by atoms with Gasteiger partial charge in [-0.05, 0) is 86.9 Å². The van der Waals surface area contributed by atoms with E-state index in [0.29, 0.717) is 56.9 Å². The zero-order valence-corrected chi connectivity index (χ0v) is 29.0. The third kappa shape index (κ3) is 8.86. The van der Waals surface area contributed by atoms with E-state index >= 15 is 0 Å². The van der Waals surface area contributed by atoms with E-state index in [1.807, 2.05) is 21.9 Å². The van der Waals surface area contributed by atoms with Gasteiger partial charge < -0.3 is 25.1 Å². The molecule has 260 valence electrons. The molecule has 0 radical (unpaired) electrons. The maximum Gasteiger partial charge on any atom is 0.312 e. The molecule has 10 heteroatoms. The number of likely N-dealkylation sites (tertiary alicyclic amines) is 1. The number of hydrogen-bond acceptors (Lipinski definition) is 6. The van der Waals surface area contributed by atoms with E-state index in [1.165, 1.54) is 19.3 Å². The van der Waals surface area contributed by atoms with Crippen LogP contribution in [-0.2, 0) is 25.6 Å². The highest BCUT2D eigenvalue weighted by molar-refractivity contribution is 6.36. The number of nitrogens with zero attached hydrogens (tertiary/aromatic N) is 4. The van der Waals surface area contributed by atoms with Crippen molar-refractivity contribution in [3.63, 3.8) is 0 Å². The average molecular weight is 652 g/mol. The number of aromatic hydroxyl groups is 1. The molecule has 3 aliphatic heterocycles. The number of carbonyl (C=O) groups excluding carboxylic acids is 4. The van der Waals surface area contributed by atoms with Crippen molar-refractivity contribution in [2.45, 2.75) is 116 Å². The van der Waals surface area contributed by atoms with Gasteiger partial charge in [0.25, 0.3) is 0 Å². The SMILES string of the molecule is CC(C)C[C@H]1CN([C@@H](CC(C)C)CN2CCC[C@H]2CN2C(=O)C(=O)NC[C@@H]2Cc2ccc(O)cc2)C(=O)C(=O)N1CC1CCCCC1. The topological polar surface area (TPSA) is 113 Å². The number of carbonyl (C=O) groups is 4. The number of benzene rings is 1. The summed E-state index contributed by atoms with van der Waals surface area (Å²) in [6.45, 7) is 12.3.